The number of rotatable bonds is 4. The number of hydrogen-bond acceptors (Lipinski definition) is 2. The summed E-state index contributed by atoms with van der Waals surface area (Å²) < 4.78 is 0. The Balaban J connectivity index is 4.07. The predicted octanol–water partition coefficient (Wildman–Crippen LogP) is 1.08. The zero-order valence-corrected chi connectivity index (χ0v) is 6.67. The Morgan fingerprint density at radius 1 is 1.70 bits per heavy atom. The summed E-state index contributed by atoms with van der Waals surface area (Å²) in [6, 6.07) is 0. The normalized spacial score (nSPS) is 19.6. The maximum Gasteiger partial charge on any atom is 0.0934 e. The molecular formula is C8H16O2. The van der Waals surface area contributed by atoms with E-state index in [0.717, 1.165) is 0 Å². The second-order valence-electron chi connectivity index (χ2n) is 2.63. The molecule has 0 aliphatic heterocycles. The van der Waals surface area contributed by atoms with Crippen molar-refractivity contribution in [1.29, 1.82) is 0 Å². The van der Waals surface area contributed by atoms with E-state index >= 15 is 0 Å². The Hall–Kier alpha value is -0.340. The molecule has 2 N–H and O–H groups in total. The lowest BCUT2D eigenvalue weighted by Crippen LogP contribution is -2.39. The molecule has 0 saturated carbocycles. The smallest absolute Gasteiger partial charge is 0.0934 e. The lowest BCUT2D eigenvalue weighted by Gasteiger charge is -2.28. The van der Waals surface area contributed by atoms with Gasteiger partial charge in [-0.05, 0) is 19.8 Å². The molecule has 2 atom stereocenters. The third kappa shape index (κ3) is 2.12. The minimum Gasteiger partial charge on any atom is -0.390 e. The van der Waals surface area contributed by atoms with Crippen LogP contribution in [0.4, 0.5) is 0 Å². The van der Waals surface area contributed by atoms with Gasteiger partial charge in [0.2, 0.25) is 0 Å². The molecule has 0 bridgehead atoms. The molecule has 0 amide bonds. The molecule has 0 fully saturated rings. The number of aliphatic hydroxyl groups is 2. The molecule has 0 aromatic carbocycles. The van der Waals surface area contributed by atoms with Gasteiger partial charge in [-0.25, -0.2) is 0 Å². The van der Waals surface area contributed by atoms with Gasteiger partial charge < -0.3 is 10.2 Å². The van der Waals surface area contributed by atoms with Crippen LogP contribution in [0.3, 0.4) is 0 Å². The van der Waals surface area contributed by atoms with Crippen LogP contribution in [0.1, 0.15) is 26.7 Å². The van der Waals surface area contributed by atoms with Gasteiger partial charge in [-0.3, -0.25) is 0 Å². The van der Waals surface area contributed by atoms with E-state index in [1.54, 1.807) is 13.0 Å². The van der Waals surface area contributed by atoms with E-state index < -0.39 is 11.7 Å². The average molecular weight is 144 g/mol. The first kappa shape index (κ1) is 9.66. The topological polar surface area (TPSA) is 40.5 Å². The van der Waals surface area contributed by atoms with E-state index in [9.17, 15) is 5.11 Å². The molecule has 0 aromatic heterocycles. The van der Waals surface area contributed by atoms with Gasteiger partial charge in [0.25, 0.3) is 0 Å². The highest BCUT2D eigenvalue weighted by Crippen LogP contribution is 2.19. The van der Waals surface area contributed by atoms with Crippen molar-refractivity contribution in [1.82, 2.24) is 0 Å². The third-order valence-electron chi connectivity index (χ3n) is 1.89. The first-order valence-electron chi connectivity index (χ1n) is 3.58. The molecule has 0 aliphatic rings. The summed E-state index contributed by atoms with van der Waals surface area (Å²) in [7, 11) is 0. The third-order valence-corrected chi connectivity index (χ3v) is 1.89. The zero-order chi connectivity index (χ0) is 8.20. The van der Waals surface area contributed by atoms with Crippen LogP contribution in [0.2, 0.25) is 0 Å². The van der Waals surface area contributed by atoms with Crippen molar-refractivity contribution in [3.8, 4) is 0 Å². The van der Waals surface area contributed by atoms with Gasteiger partial charge in [0.1, 0.15) is 0 Å². The van der Waals surface area contributed by atoms with Crippen LogP contribution in [0.5, 0.6) is 0 Å². The molecule has 10 heavy (non-hydrogen) atoms. The van der Waals surface area contributed by atoms with Crippen molar-refractivity contribution in [2.75, 3.05) is 0 Å². The minimum absolute atomic E-state index is 0.446. The molecule has 0 aromatic rings. The van der Waals surface area contributed by atoms with Crippen LogP contribution in [0.15, 0.2) is 12.7 Å². The Bertz CT molecular complexity index is 110. The summed E-state index contributed by atoms with van der Waals surface area (Å²) in [4.78, 5) is 0. The molecule has 2 heteroatoms. The van der Waals surface area contributed by atoms with Crippen molar-refractivity contribution >= 4 is 0 Å². The lowest BCUT2D eigenvalue weighted by atomic mass is 9.91. The van der Waals surface area contributed by atoms with Gasteiger partial charge in [0.15, 0.2) is 0 Å². The molecule has 2 unspecified atom stereocenters. The summed E-state index contributed by atoms with van der Waals surface area (Å²) in [6.07, 6.45) is 1.93. The maximum absolute atomic E-state index is 9.58. The van der Waals surface area contributed by atoms with Crippen molar-refractivity contribution in [2.24, 2.45) is 0 Å². The van der Waals surface area contributed by atoms with Gasteiger partial charge >= 0.3 is 0 Å². The van der Waals surface area contributed by atoms with Crippen LogP contribution in [-0.4, -0.2) is 21.9 Å². The number of aliphatic hydroxyl groups excluding tert-OH is 1. The second-order valence-corrected chi connectivity index (χ2v) is 2.63. The van der Waals surface area contributed by atoms with E-state index in [0.29, 0.717) is 12.8 Å². The largest absolute Gasteiger partial charge is 0.390 e. The first-order chi connectivity index (χ1) is 4.56. The van der Waals surface area contributed by atoms with Crippen molar-refractivity contribution in [2.45, 2.75) is 38.4 Å². The number of hydrogen-bond donors (Lipinski definition) is 2. The molecule has 0 spiro atoms. The Morgan fingerprint density at radius 3 is 2.30 bits per heavy atom. The Morgan fingerprint density at radius 2 is 2.20 bits per heavy atom. The van der Waals surface area contributed by atoms with E-state index in [1.807, 2.05) is 6.92 Å². The summed E-state index contributed by atoms with van der Waals surface area (Å²) in [5.74, 6) is 0. The van der Waals surface area contributed by atoms with Gasteiger partial charge in [-0.1, -0.05) is 13.0 Å². The van der Waals surface area contributed by atoms with Gasteiger partial charge in [0, 0.05) is 0 Å². The molecule has 0 rings (SSSR count). The first-order valence-corrected chi connectivity index (χ1v) is 3.58. The Labute approximate surface area is 62.2 Å². The Kier molecular flexibility index (Phi) is 3.61. The highest BCUT2D eigenvalue weighted by atomic mass is 16.3. The van der Waals surface area contributed by atoms with Crippen molar-refractivity contribution in [3.63, 3.8) is 0 Å². The van der Waals surface area contributed by atoms with Crippen molar-refractivity contribution < 1.29 is 10.2 Å². The summed E-state index contributed by atoms with van der Waals surface area (Å²) >= 11 is 0. The molecule has 0 saturated heterocycles. The fourth-order valence-corrected chi connectivity index (χ4v) is 0.860. The monoisotopic (exact) mass is 144 g/mol. The van der Waals surface area contributed by atoms with E-state index in [4.69, 9.17) is 5.11 Å². The van der Waals surface area contributed by atoms with Crippen LogP contribution in [0.25, 0.3) is 0 Å². The highest BCUT2D eigenvalue weighted by molar-refractivity contribution is 4.89. The minimum atomic E-state index is -0.970. The van der Waals surface area contributed by atoms with E-state index in [-0.39, 0.29) is 0 Å². The van der Waals surface area contributed by atoms with Gasteiger partial charge in [-0.15, -0.1) is 6.58 Å². The maximum atomic E-state index is 9.58. The fourth-order valence-electron chi connectivity index (χ4n) is 0.860. The zero-order valence-electron chi connectivity index (χ0n) is 6.67. The van der Waals surface area contributed by atoms with Crippen LogP contribution >= 0.6 is 0 Å². The SMILES string of the molecule is C=CCC(O)(CC)C(C)O. The van der Waals surface area contributed by atoms with Crippen molar-refractivity contribution in [3.05, 3.63) is 12.7 Å². The van der Waals surface area contributed by atoms with E-state index in [2.05, 4.69) is 6.58 Å². The predicted molar refractivity (Wildman–Crippen MR) is 41.7 cm³/mol. The highest BCUT2D eigenvalue weighted by Gasteiger charge is 2.28. The van der Waals surface area contributed by atoms with E-state index in [1.165, 1.54) is 0 Å². The van der Waals surface area contributed by atoms with Crippen LogP contribution in [0, 0.1) is 0 Å². The molecule has 0 aliphatic carbocycles. The fraction of sp³-hybridized carbons (Fsp3) is 0.750. The molecule has 0 radical (unpaired) electrons. The molecular weight excluding hydrogens is 128 g/mol. The molecule has 60 valence electrons. The van der Waals surface area contributed by atoms with Gasteiger partial charge in [0.05, 0.1) is 11.7 Å². The summed E-state index contributed by atoms with van der Waals surface area (Å²) in [5.41, 5.74) is -0.970. The standard InChI is InChI=1S/C8H16O2/c1-4-6-8(10,5-2)7(3)9/h4,7,9-10H,1,5-6H2,2-3H3. The average Bonchev–Trinajstić information content (AvgIpc) is 1.88. The van der Waals surface area contributed by atoms with Crippen LogP contribution < -0.4 is 0 Å². The summed E-state index contributed by atoms with van der Waals surface area (Å²) in [6.45, 7) is 6.94. The van der Waals surface area contributed by atoms with Gasteiger partial charge in [-0.2, -0.15) is 0 Å². The molecule has 2 nitrogen and oxygen atoms in total. The molecule has 0 heterocycles. The summed E-state index contributed by atoms with van der Waals surface area (Å²) in [5, 5.41) is 18.7. The lowest BCUT2D eigenvalue weighted by molar-refractivity contribution is -0.0659. The second kappa shape index (κ2) is 3.74. The van der Waals surface area contributed by atoms with Crippen LogP contribution in [-0.2, 0) is 0 Å². The quantitative estimate of drug-likeness (QED) is 0.580.